The first-order chi connectivity index (χ1) is 21.1. The second kappa shape index (κ2) is 17.4. The predicted octanol–water partition coefficient (Wildman–Crippen LogP) is 6.47. The van der Waals surface area contributed by atoms with Gasteiger partial charge in [-0.1, -0.05) is 0 Å². The molecule has 7 heteroatoms. The van der Waals surface area contributed by atoms with Crippen molar-refractivity contribution in [1.82, 2.24) is 9.80 Å². The van der Waals surface area contributed by atoms with Crippen LogP contribution in [0.4, 0.5) is 0 Å². The van der Waals surface area contributed by atoms with Gasteiger partial charge in [0.05, 0.1) is 0 Å². The number of carbonyl (C=O) groups excluding carboxylic acids is 1. The van der Waals surface area contributed by atoms with Crippen molar-refractivity contribution in [2.45, 2.75) is 134 Å². The average Bonchev–Trinajstić information content (AvgIpc) is 3.97. The molecular weight excluding hydrogens is 540 g/mol. The molecular formula is C36H64N2O5. The zero-order valence-electron chi connectivity index (χ0n) is 27.8. The van der Waals surface area contributed by atoms with Crippen molar-refractivity contribution in [3.63, 3.8) is 0 Å². The van der Waals surface area contributed by atoms with Crippen LogP contribution in [0.15, 0.2) is 0 Å². The number of carbonyl (C=O) groups is 1. The van der Waals surface area contributed by atoms with E-state index in [1.54, 1.807) is 0 Å². The highest BCUT2D eigenvalue weighted by Gasteiger charge is 2.38. The molecule has 0 spiro atoms. The van der Waals surface area contributed by atoms with Crippen LogP contribution in [0.5, 0.6) is 0 Å². The molecule has 0 atom stereocenters. The van der Waals surface area contributed by atoms with Crippen molar-refractivity contribution in [2.24, 2.45) is 23.7 Å². The molecule has 0 radical (unpaired) electrons. The fraction of sp³-hybridized carbons (Fsp3) is 0.972. The van der Waals surface area contributed by atoms with Crippen molar-refractivity contribution in [2.75, 3.05) is 65.8 Å². The van der Waals surface area contributed by atoms with Gasteiger partial charge in [0.25, 0.3) is 0 Å². The van der Waals surface area contributed by atoms with Gasteiger partial charge in [0, 0.05) is 104 Å². The van der Waals surface area contributed by atoms with E-state index in [-0.39, 0.29) is 5.79 Å². The maximum absolute atomic E-state index is 11.3. The Morgan fingerprint density at radius 1 is 0.558 bits per heavy atom. The number of rotatable bonds is 14. The first-order valence-corrected chi connectivity index (χ1v) is 18.5. The summed E-state index contributed by atoms with van der Waals surface area (Å²) in [7, 11) is 0. The van der Waals surface area contributed by atoms with E-state index >= 15 is 0 Å². The summed E-state index contributed by atoms with van der Waals surface area (Å²) >= 11 is 0. The van der Waals surface area contributed by atoms with E-state index in [4.69, 9.17) is 18.9 Å². The van der Waals surface area contributed by atoms with Gasteiger partial charge in [0.1, 0.15) is 5.78 Å². The maximum atomic E-state index is 11.3. The first kappa shape index (κ1) is 33.8. The van der Waals surface area contributed by atoms with Crippen molar-refractivity contribution in [3.8, 4) is 0 Å². The molecule has 6 rings (SSSR count). The Hall–Kier alpha value is -0.570. The highest BCUT2D eigenvalue weighted by Crippen LogP contribution is 2.35. The first-order valence-electron chi connectivity index (χ1n) is 18.5. The zero-order valence-corrected chi connectivity index (χ0v) is 27.8. The van der Waals surface area contributed by atoms with Crippen LogP contribution in [0, 0.1) is 23.7 Å². The normalized spacial score (nSPS) is 32.3. The maximum Gasteiger partial charge on any atom is 0.170 e. The third-order valence-electron chi connectivity index (χ3n) is 11.2. The molecule has 0 bridgehead atoms. The van der Waals surface area contributed by atoms with E-state index < -0.39 is 0 Å². The molecule has 2 saturated heterocycles. The summed E-state index contributed by atoms with van der Waals surface area (Å²) in [5.74, 6) is 3.52. The van der Waals surface area contributed by atoms with Crippen LogP contribution in [-0.2, 0) is 23.7 Å². The van der Waals surface area contributed by atoms with Crippen molar-refractivity contribution in [3.05, 3.63) is 0 Å². The number of hydrogen-bond acceptors (Lipinski definition) is 7. The molecule has 248 valence electrons. The van der Waals surface area contributed by atoms with Gasteiger partial charge in [-0.3, -0.25) is 14.6 Å². The van der Waals surface area contributed by atoms with Gasteiger partial charge < -0.3 is 18.9 Å². The number of ketones is 1. The molecule has 0 N–H and O–H groups in total. The molecule has 0 aromatic carbocycles. The Labute approximate surface area is 263 Å². The van der Waals surface area contributed by atoms with Crippen LogP contribution >= 0.6 is 0 Å². The quantitative estimate of drug-likeness (QED) is 0.211. The van der Waals surface area contributed by atoms with Gasteiger partial charge in [-0.05, 0) is 115 Å². The highest BCUT2D eigenvalue weighted by molar-refractivity contribution is 5.79. The lowest BCUT2D eigenvalue weighted by atomic mass is 9.85. The minimum Gasteiger partial charge on any atom is -0.381 e. The molecule has 43 heavy (non-hydrogen) atoms. The summed E-state index contributed by atoms with van der Waals surface area (Å²) in [4.78, 5) is 16.5. The summed E-state index contributed by atoms with van der Waals surface area (Å²) in [6.45, 7) is 13.9. The fourth-order valence-electron chi connectivity index (χ4n) is 7.95. The van der Waals surface area contributed by atoms with Crippen LogP contribution in [0.3, 0.4) is 0 Å². The number of Topliss-reactive ketones (excluding diaryl/α,β-unsaturated/α-hetero) is 1. The van der Waals surface area contributed by atoms with E-state index in [1.807, 2.05) is 0 Å². The van der Waals surface area contributed by atoms with E-state index in [0.29, 0.717) is 5.78 Å². The number of hydrogen-bond donors (Lipinski definition) is 0. The minimum absolute atomic E-state index is 0.312. The highest BCUT2D eigenvalue weighted by atomic mass is 16.7. The third kappa shape index (κ3) is 11.3. The van der Waals surface area contributed by atoms with Crippen LogP contribution in [0.1, 0.15) is 117 Å². The van der Waals surface area contributed by atoms with Gasteiger partial charge in [-0.15, -0.1) is 0 Å². The van der Waals surface area contributed by atoms with E-state index in [9.17, 15) is 4.79 Å². The predicted molar refractivity (Wildman–Crippen MR) is 171 cm³/mol. The summed E-state index contributed by atoms with van der Waals surface area (Å²) < 4.78 is 23.7. The Balaban J connectivity index is 0.000000176. The molecule has 6 fully saturated rings. The van der Waals surface area contributed by atoms with Crippen LogP contribution in [-0.4, -0.2) is 99.3 Å². The molecule has 6 aliphatic rings. The Morgan fingerprint density at radius 3 is 1.26 bits per heavy atom. The monoisotopic (exact) mass is 604 g/mol. The summed E-state index contributed by atoms with van der Waals surface area (Å²) in [6, 6.07) is 1.51. The van der Waals surface area contributed by atoms with Gasteiger partial charge in [-0.2, -0.15) is 0 Å². The summed E-state index contributed by atoms with van der Waals surface area (Å²) in [5.41, 5.74) is 0. The molecule has 2 aliphatic heterocycles. The zero-order chi connectivity index (χ0) is 29.9. The number of nitrogens with zero attached hydrogens (tertiary/aromatic N) is 2. The van der Waals surface area contributed by atoms with Gasteiger partial charge in [0.15, 0.2) is 5.79 Å². The van der Waals surface area contributed by atoms with Gasteiger partial charge in [0.2, 0.25) is 0 Å². The third-order valence-corrected chi connectivity index (χ3v) is 11.2. The van der Waals surface area contributed by atoms with Gasteiger partial charge in [-0.25, -0.2) is 0 Å². The molecule has 2 heterocycles. The fourth-order valence-corrected chi connectivity index (χ4v) is 7.95. The van der Waals surface area contributed by atoms with Crippen molar-refractivity contribution >= 4 is 5.78 Å². The molecule has 4 aliphatic carbocycles. The van der Waals surface area contributed by atoms with E-state index in [1.165, 1.54) is 77.0 Å². The van der Waals surface area contributed by atoms with E-state index in [0.717, 1.165) is 127 Å². The van der Waals surface area contributed by atoms with Crippen LogP contribution in [0.25, 0.3) is 0 Å². The number of piperidine rings is 2. The largest absolute Gasteiger partial charge is 0.381 e. The lowest BCUT2D eigenvalue weighted by Crippen LogP contribution is -2.51. The lowest BCUT2D eigenvalue weighted by Gasteiger charge is -2.45. The molecule has 4 saturated carbocycles. The Bertz CT molecular complexity index is 775. The topological polar surface area (TPSA) is 60.5 Å². The molecule has 0 aromatic rings. The molecule has 7 nitrogen and oxygen atoms in total. The Kier molecular flexibility index (Phi) is 13.7. The average molecular weight is 605 g/mol. The number of likely N-dealkylation sites (tertiary alicyclic amines) is 2. The minimum atomic E-state index is -0.312. The van der Waals surface area contributed by atoms with Crippen molar-refractivity contribution < 1.29 is 23.7 Å². The Morgan fingerprint density at radius 2 is 0.907 bits per heavy atom. The molecule has 0 amide bonds. The summed E-state index contributed by atoms with van der Waals surface area (Å²) in [6.07, 6.45) is 19.8. The SMILES string of the molecule is CCOC1(OCC)CCN(C2CCC(COCC3CC3)CC2)CC1.O=C1CCN(C2CCC(COCC3CC3)CC2)CC1. The smallest absolute Gasteiger partial charge is 0.170 e. The second-order valence-corrected chi connectivity index (χ2v) is 14.7. The second-order valence-electron chi connectivity index (χ2n) is 14.7. The standard InChI is InChI=1S/C20H37NO3.C16H27NO2/c1-3-23-20(24-4-2)11-13-21(14-12-20)19-9-7-18(8-10-19)16-22-15-17-5-6-17;18-16-7-9-17(10-8-16)15-5-3-14(4-6-15)12-19-11-13-1-2-13/h17-19H,3-16H2,1-2H3;13-15H,1-12H2. The number of ether oxygens (including phenoxy) is 4. The summed E-state index contributed by atoms with van der Waals surface area (Å²) in [5, 5.41) is 0. The lowest BCUT2D eigenvalue weighted by molar-refractivity contribution is -0.255. The molecule has 0 unspecified atom stereocenters. The molecule has 0 aromatic heterocycles. The van der Waals surface area contributed by atoms with Crippen LogP contribution < -0.4 is 0 Å². The van der Waals surface area contributed by atoms with Crippen LogP contribution in [0.2, 0.25) is 0 Å². The van der Waals surface area contributed by atoms with Gasteiger partial charge >= 0.3 is 0 Å². The van der Waals surface area contributed by atoms with Crippen molar-refractivity contribution in [1.29, 1.82) is 0 Å². The van der Waals surface area contributed by atoms with E-state index in [2.05, 4.69) is 23.6 Å².